The van der Waals surface area contributed by atoms with Crippen LogP contribution >= 0.6 is 21.6 Å². The van der Waals surface area contributed by atoms with Crippen molar-refractivity contribution in [3.05, 3.63) is 156 Å². The smallest absolute Gasteiger partial charge is 0.313 e. The monoisotopic (exact) mass is 602 g/mol. The summed E-state index contributed by atoms with van der Waals surface area (Å²) in [5.41, 5.74) is 4.00. The molecule has 0 N–H and O–H groups in total. The fourth-order valence-electron chi connectivity index (χ4n) is 5.68. The van der Waals surface area contributed by atoms with Crippen LogP contribution in [0.5, 0.6) is 0 Å². The number of hydrogen-bond acceptors (Lipinski definition) is 5. The van der Waals surface area contributed by atoms with Gasteiger partial charge < -0.3 is 4.90 Å². The van der Waals surface area contributed by atoms with E-state index in [-0.39, 0.29) is 6.42 Å². The number of rotatable bonds is 8. The SMILES string of the molecule is CN1C(=O)C(=O)N(C)C(Cc2ccc3ccccc3c2)(SSC(c2ccccc2)(c2ccccc2)c2ccccc2)C1=O. The molecule has 1 heterocycles. The predicted octanol–water partition coefficient (Wildman–Crippen LogP) is 6.91. The van der Waals surface area contributed by atoms with Crippen molar-refractivity contribution in [2.45, 2.75) is 16.0 Å². The van der Waals surface area contributed by atoms with Crippen LogP contribution in [-0.4, -0.2) is 46.5 Å². The van der Waals surface area contributed by atoms with E-state index in [0.29, 0.717) is 0 Å². The molecule has 0 aromatic heterocycles. The topological polar surface area (TPSA) is 57.7 Å². The Balaban J connectivity index is 1.53. The molecule has 7 heteroatoms. The van der Waals surface area contributed by atoms with Crippen LogP contribution < -0.4 is 0 Å². The van der Waals surface area contributed by atoms with Crippen LogP contribution in [0.4, 0.5) is 0 Å². The molecule has 0 bridgehead atoms. The zero-order chi connectivity index (χ0) is 30.0. The average Bonchev–Trinajstić information content (AvgIpc) is 3.07. The minimum Gasteiger partial charge on any atom is -0.313 e. The van der Waals surface area contributed by atoms with Gasteiger partial charge in [0.25, 0.3) is 5.91 Å². The molecule has 1 aliphatic rings. The highest BCUT2D eigenvalue weighted by Crippen LogP contribution is 2.58. The summed E-state index contributed by atoms with van der Waals surface area (Å²) < 4.78 is -0.741. The van der Waals surface area contributed by atoms with Gasteiger partial charge in [-0.2, -0.15) is 0 Å². The Morgan fingerprint density at radius 1 is 0.605 bits per heavy atom. The lowest BCUT2D eigenvalue weighted by Gasteiger charge is -2.46. The van der Waals surface area contributed by atoms with Crippen molar-refractivity contribution < 1.29 is 14.4 Å². The standard InChI is InChI=1S/C36H30N2O3S2/c1-37-32(39)33(40)38(2)35(34(37)41,25-26-22-23-27-14-12-13-15-28(27)24-26)42-43-36(29-16-6-3-7-17-29,30-18-8-4-9-19-30)31-20-10-5-11-21-31/h3-24H,25H2,1-2H3. The maximum absolute atomic E-state index is 14.3. The lowest BCUT2D eigenvalue weighted by atomic mass is 9.84. The number of likely N-dealkylation sites (N-methyl/N-ethyl adjacent to an activating group) is 2. The summed E-state index contributed by atoms with van der Waals surface area (Å²) in [4.78, 5) is 41.4. The molecule has 0 radical (unpaired) electrons. The molecule has 3 amide bonds. The Hall–Kier alpha value is -4.33. The first-order valence-corrected chi connectivity index (χ1v) is 16.1. The number of hydrogen-bond donors (Lipinski definition) is 0. The van der Waals surface area contributed by atoms with Crippen LogP contribution in [0.25, 0.3) is 10.8 Å². The highest BCUT2D eigenvalue weighted by atomic mass is 33.1. The van der Waals surface area contributed by atoms with Crippen LogP contribution in [-0.2, 0) is 25.6 Å². The van der Waals surface area contributed by atoms with Crippen LogP contribution in [0.2, 0.25) is 0 Å². The zero-order valence-electron chi connectivity index (χ0n) is 23.8. The number of piperazine rings is 1. The Bertz CT molecular complexity index is 1700. The fourth-order valence-corrected chi connectivity index (χ4v) is 9.65. The van der Waals surface area contributed by atoms with E-state index in [4.69, 9.17) is 0 Å². The van der Waals surface area contributed by atoms with E-state index >= 15 is 0 Å². The number of carbonyl (C=O) groups excluding carboxylic acids is 3. The summed E-state index contributed by atoms with van der Waals surface area (Å²) in [5.74, 6) is -1.96. The van der Waals surface area contributed by atoms with E-state index in [1.165, 1.54) is 33.5 Å². The van der Waals surface area contributed by atoms with Gasteiger partial charge in [0.1, 0.15) is 4.75 Å². The molecule has 1 fully saturated rings. The highest BCUT2D eigenvalue weighted by Gasteiger charge is 2.56. The van der Waals surface area contributed by atoms with Crippen LogP contribution in [0.15, 0.2) is 133 Å². The van der Waals surface area contributed by atoms with Gasteiger partial charge in [0.05, 0.1) is 0 Å². The van der Waals surface area contributed by atoms with Crippen molar-refractivity contribution in [2.75, 3.05) is 14.1 Å². The Morgan fingerprint density at radius 2 is 1.09 bits per heavy atom. The second-order valence-corrected chi connectivity index (χ2v) is 13.2. The Kier molecular flexibility index (Phi) is 7.86. The number of carbonyl (C=O) groups is 3. The molecule has 1 saturated heterocycles. The second kappa shape index (κ2) is 11.7. The molecule has 0 aliphatic carbocycles. The summed E-state index contributed by atoms with van der Waals surface area (Å²) >= 11 is 0. The van der Waals surface area contributed by atoms with Gasteiger partial charge in [-0.25, -0.2) is 0 Å². The van der Waals surface area contributed by atoms with E-state index in [9.17, 15) is 14.4 Å². The van der Waals surface area contributed by atoms with E-state index in [0.717, 1.165) is 37.9 Å². The molecule has 1 atom stereocenters. The van der Waals surface area contributed by atoms with Crippen molar-refractivity contribution in [1.82, 2.24) is 9.80 Å². The molecule has 5 nitrogen and oxygen atoms in total. The van der Waals surface area contributed by atoms with Crippen LogP contribution in [0.3, 0.4) is 0 Å². The molecule has 1 aliphatic heterocycles. The Labute approximate surface area is 259 Å². The van der Waals surface area contributed by atoms with Crippen molar-refractivity contribution >= 4 is 50.1 Å². The molecule has 1 unspecified atom stereocenters. The van der Waals surface area contributed by atoms with Gasteiger partial charge in [-0.1, -0.05) is 155 Å². The van der Waals surface area contributed by atoms with Crippen molar-refractivity contribution in [3.8, 4) is 0 Å². The molecule has 5 aromatic carbocycles. The maximum Gasteiger partial charge on any atom is 0.318 e. The lowest BCUT2D eigenvalue weighted by Crippen LogP contribution is -2.67. The maximum atomic E-state index is 14.3. The number of nitrogens with zero attached hydrogens (tertiary/aromatic N) is 2. The first-order valence-electron chi connectivity index (χ1n) is 14.0. The predicted molar refractivity (Wildman–Crippen MR) is 175 cm³/mol. The first kappa shape index (κ1) is 28.8. The fraction of sp³-hybridized carbons (Fsp3) is 0.139. The number of amides is 3. The minimum absolute atomic E-state index is 0.225. The molecule has 0 spiro atoms. The van der Waals surface area contributed by atoms with E-state index < -0.39 is 27.3 Å². The molecule has 214 valence electrons. The van der Waals surface area contributed by atoms with Gasteiger partial charge in [0.2, 0.25) is 0 Å². The largest absolute Gasteiger partial charge is 0.318 e. The summed E-state index contributed by atoms with van der Waals surface area (Å²) in [5, 5.41) is 2.13. The zero-order valence-corrected chi connectivity index (χ0v) is 25.5. The normalized spacial score (nSPS) is 17.5. The quantitative estimate of drug-likeness (QED) is 0.0836. The van der Waals surface area contributed by atoms with Crippen molar-refractivity contribution in [2.24, 2.45) is 0 Å². The summed E-state index contributed by atoms with van der Waals surface area (Å²) in [6.45, 7) is 0. The number of fused-ring (bicyclic) bond motifs is 1. The molecule has 0 saturated carbocycles. The third-order valence-corrected chi connectivity index (χ3v) is 11.8. The molecule has 5 aromatic rings. The van der Waals surface area contributed by atoms with Gasteiger partial charge in [-0.05, 0) is 33.0 Å². The van der Waals surface area contributed by atoms with Gasteiger partial charge in [0, 0.05) is 20.5 Å². The van der Waals surface area contributed by atoms with Gasteiger partial charge >= 0.3 is 11.8 Å². The van der Waals surface area contributed by atoms with Crippen LogP contribution in [0, 0.1) is 0 Å². The third kappa shape index (κ3) is 5.02. The summed E-state index contributed by atoms with van der Waals surface area (Å²) in [7, 11) is 5.84. The Morgan fingerprint density at radius 3 is 1.63 bits per heavy atom. The number of imide groups is 1. The van der Waals surface area contributed by atoms with E-state index in [1.807, 2.05) is 91.0 Å². The van der Waals surface area contributed by atoms with E-state index in [2.05, 4.69) is 42.5 Å². The van der Waals surface area contributed by atoms with Gasteiger partial charge in [0.15, 0.2) is 4.87 Å². The average molecular weight is 603 g/mol. The summed E-state index contributed by atoms with van der Waals surface area (Å²) in [6.07, 6.45) is 0.225. The first-order chi connectivity index (χ1) is 20.9. The lowest BCUT2D eigenvalue weighted by molar-refractivity contribution is -0.166. The molecule has 43 heavy (non-hydrogen) atoms. The molecular weight excluding hydrogens is 573 g/mol. The van der Waals surface area contributed by atoms with Gasteiger partial charge in [-0.3, -0.25) is 19.3 Å². The highest BCUT2D eigenvalue weighted by molar-refractivity contribution is 8.77. The minimum atomic E-state index is -1.39. The van der Waals surface area contributed by atoms with Crippen molar-refractivity contribution in [1.29, 1.82) is 0 Å². The molecular formula is C36H30N2O3S2. The van der Waals surface area contributed by atoms with E-state index in [1.54, 1.807) is 7.05 Å². The summed E-state index contributed by atoms with van der Waals surface area (Å²) in [6, 6.07) is 44.7. The second-order valence-electron chi connectivity index (χ2n) is 10.6. The van der Waals surface area contributed by atoms with Crippen molar-refractivity contribution in [3.63, 3.8) is 0 Å². The third-order valence-electron chi connectivity index (χ3n) is 8.08. The number of benzene rings is 5. The van der Waals surface area contributed by atoms with Gasteiger partial charge in [-0.15, -0.1) is 0 Å². The molecule has 6 rings (SSSR count). The van der Waals surface area contributed by atoms with Crippen LogP contribution in [0.1, 0.15) is 22.3 Å².